The van der Waals surface area contributed by atoms with E-state index in [0.29, 0.717) is 12.2 Å². The molecule has 1 rings (SSSR count). The lowest BCUT2D eigenvalue weighted by molar-refractivity contribution is 0.477. The van der Waals surface area contributed by atoms with E-state index in [0.717, 1.165) is 0 Å². The summed E-state index contributed by atoms with van der Waals surface area (Å²) >= 11 is 0. The predicted molar refractivity (Wildman–Crippen MR) is 75.9 cm³/mol. The van der Waals surface area contributed by atoms with Crippen LogP contribution in [0.4, 0.5) is 5.69 Å². The molecule has 0 radical (unpaired) electrons. The van der Waals surface area contributed by atoms with Crippen LogP contribution in [-0.2, 0) is 20.8 Å². The Morgan fingerprint density at radius 3 is 2.63 bits per heavy atom. The molecule has 0 saturated carbocycles. The van der Waals surface area contributed by atoms with Crippen LogP contribution >= 0.6 is 0 Å². The minimum absolute atomic E-state index is 0.00481. The number of nitrogens with two attached hydrogens (primary N) is 1. The first-order valence-corrected chi connectivity index (χ1v) is 8.84. The number of hydrogen-bond acceptors (Lipinski definition) is 5. The van der Waals surface area contributed by atoms with Crippen molar-refractivity contribution in [1.29, 1.82) is 0 Å². The van der Waals surface area contributed by atoms with E-state index >= 15 is 0 Å². The molecule has 0 aliphatic carbocycles. The molecule has 0 bridgehead atoms. The molecular formula is C11H18N2O4S2. The normalized spacial score (nSPS) is 15.1. The van der Waals surface area contributed by atoms with Gasteiger partial charge in [0.15, 0.2) is 0 Å². The molecule has 1 aromatic rings. The van der Waals surface area contributed by atoms with E-state index in [-0.39, 0.29) is 22.4 Å². The SMILES string of the molecule is CC(CCS(C)=O)NS(=O)(=O)c1ccc(O)c(N)c1. The van der Waals surface area contributed by atoms with Crippen molar-refractivity contribution in [3.05, 3.63) is 18.2 Å². The van der Waals surface area contributed by atoms with Gasteiger partial charge in [0, 0.05) is 28.9 Å². The first-order valence-electron chi connectivity index (χ1n) is 5.63. The van der Waals surface area contributed by atoms with Crippen molar-refractivity contribution in [2.45, 2.75) is 24.3 Å². The summed E-state index contributed by atoms with van der Waals surface area (Å²) in [5, 5.41) is 9.26. The van der Waals surface area contributed by atoms with E-state index in [2.05, 4.69) is 4.72 Å². The topological polar surface area (TPSA) is 109 Å². The zero-order chi connectivity index (χ0) is 14.6. The third-order valence-electron chi connectivity index (χ3n) is 2.50. The van der Waals surface area contributed by atoms with Gasteiger partial charge in [-0.05, 0) is 31.5 Å². The number of aromatic hydroxyl groups is 1. The molecule has 0 fully saturated rings. The average Bonchev–Trinajstić information content (AvgIpc) is 2.29. The van der Waals surface area contributed by atoms with Crippen molar-refractivity contribution < 1.29 is 17.7 Å². The highest BCUT2D eigenvalue weighted by atomic mass is 32.2. The summed E-state index contributed by atoms with van der Waals surface area (Å²) in [5.74, 6) is 0.273. The lowest BCUT2D eigenvalue weighted by Gasteiger charge is -2.14. The highest BCUT2D eigenvalue weighted by Crippen LogP contribution is 2.23. The smallest absolute Gasteiger partial charge is 0.240 e. The molecule has 0 aliphatic rings. The van der Waals surface area contributed by atoms with Crippen LogP contribution in [0.5, 0.6) is 5.75 Å². The first-order chi connectivity index (χ1) is 8.72. The van der Waals surface area contributed by atoms with Crippen molar-refractivity contribution >= 4 is 26.5 Å². The van der Waals surface area contributed by atoms with Gasteiger partial charge in [0.25, 0.3) is 0 Å². The number of nitrogens with one attached hydrogen (secondary N) is 1. The molecule has 2 unspecified atom stereocenters. The number of benzene rings is 1. The van der Waals surface area contributed by atoms with Crippen molar-refractivity contribution in [3.63, 3.8) is 0 Å². The summed E-state index contributed by atoms with van der Waals surface area (Å²) in [7, 11) is -4.64. The molecule has 1 aromatic carbocycles. The van der Waals surface area contributed by atoms with E-state index in [1.54, 1.807) is 13.2 Å². The van der Waals surface area contributed by atoms with Crippen LogP contribution in [0.15, 0.2) is 23.1 Å². The third kappa shape index (κ3) is 4.81. The molecule has 0 spiro atoms. The molecule has 19 heavy (non-hydrogen) atoms. The van der Waals surface area contributed by atoms with Gasteiger partial charge in [-0.1, -0.05) is 0 Å². The number of sulfonamides is 1. The fourth-order valence-electron chi connectivity index (χ4n) is 1.43. The van der Waals surface area contributed by atoms with Gasteiger partial charge < -0.3 is 10.8 Å². The molecule has 4 N–H and O–H groups in total. The van der Waals surface area contributed by atoms with Gasteiger partial charge in [-0.3, -0.25) is 4.21 Å². The van der Waals surface area contributed by atoms with Crippen LogP contribution < -0.4 is 10.5 Å². The maximum Gasteiger partial charge on any atom is 0.240 e. The van der Waals surface area contributed by atoms with Crippen molar-refractivity contribution in [2.75, 3.05) is 17.7 Å². The zero-order valence-electron chi connectivity index (χ0n) is 10.8. The lowest BCUT2D eigenvalue weighted by Crippen LogP contribution is -2.33. The number of anilines is 1. The summed E-state index contributed by atoms with van der Waals surface area (Å²) in [6, 6.07) is 3.38. The van der Waals surface area contributed by atoms with Crippen LogP contribution in [-0.4, -0.2) is 35.8 Å². The van der Waals surface area contributed by atoms with Crippen LogP contribution in [0, 0.1) is 0 Å². The van der Waals surface area contributed by atoms with E-state index in [1.165, 1.54) is 18.2 Å². The van der Waals surface area contributed by atoms with Gasteiger partial charge in [-0.2, -0.15) is 0 Å². The van der Waals surface area contributed by atoms with Crippen molar-refractivity contribution in [1.82, 2.24) is 4.72 Å². The van der Waals surface area contributed by atoms with E-state index in [1.807, 2.05) is 0 Å². The number of phenolic OH excluding ortho intramolecular Hbond substituents is 1. The van der Waals surface area contributed by atoms with Gasteiger partial charge in [0.05, 0.1) is 10.6 Å². The highest BCUT2D eigenvalue weighted by Gasteiger charge is 2.18. The summed E-state index contributed by atoms with van der Waals surface area (Å²) in [6.07, 6.45) is 2.05. The second kappa shape index (κ2) is 6.36. The van der Waals surface area contributed by atoms with E-state index in [4.69, 9.17) is 5.73 Å². The van der Waals surface area contributed by atoms with Crippen LogP contribution in [0.1, 0.15) is 13.3 Å². The maximum absolute atomic E-state index is 12.0. The Morgan fingerprint density at radius 2 is 2.11 bits per heavy atom. The monoisotopic (exact) mass is 306 g/mol. The molecule has 0 amide bonds. The summed E-state index contributed by atoms with van der Waals surface area (Å²) in [6.45, 7) is 1.70. The molecule has 6 nitrogen and oxygen atoms in total. The Kier molecular flexibility index (Phi) is 5.33. The Bertz CT molecular complexity index is 572. The molecular weight excluding hydrogens is 288 g/mol. The molecule has 0 saturated heterocycles. The van der Waals surface area contributed by atoms with Gasteiger partial charge in [0.2, 0.25) is 10.0 Å². The highest BCUT2D eigenvalue weighted by molar-refractivity contribution is 7.89. The Balaban J connectivity index is 2.80. The summed E-state index contributed by atoms with van der Waals surface area (Å²) in [4.78, 5) is -0.00716. The number of nitrogen functional groups attached to an aromatic ring is 1. The molecule has 8 heteroatoms. The van der Waals surface area contributed by atoms with Gasteiger partial charge in [-0.25, -0.2) is 13.1 Å². The Hall–Kier alpha value is -1.12. The number of hydrogen-bond donors (Lipinski definition) is 3. The lowest BCUT2D eigenvalue weighted by atomic mass is 10.3. The van der Waals surface area contributed by atoms with Crippen molar-refractivity contribution in [2.24, 2.45) is 0 Å². The van der Waals surface area contributed by atoms with Crippen LogP contribution in [0.2, 0.25) is 0 Å². The molecule has 108 valence electrons. The summed E-state index contributed by atoms with van der Waals surface area (Å²) in [5.41, 5.74) is 5.47. The molecule has 0 aromatic heterocycles. The Labute approximate surface area is 115 Å². The van der Waals surface area contributed by atoms with Crippen LogP contribution in [0.3, 0.4) is 0 Å². The number of rotatable bonds is 6. The van der Waals surface area contributed by atoms with Gasteiger partial charge in [-0.15, -0.1) is 0 Å². The second-order valence-corrected chi connectivity index (χ2v) is 7.58. The number of phenols is 1. The average molecular weight is 306 g/mol. The molecule has 0 aliphatic heterocycles. The standard InChI is InChI=1S/C11H18N2O4S2/c1-8(5-6-18(2)15)13-19(16,17)9-3-4-11(14)10(12)7-9/h3-4,7-8,13-14H,5-6,12H2,1-2H3. The van der Waals surface area contributed by atoms with E-state index in [9.17, 15) is 17.7 Å². The van der Waals surface area contributed by atoms with E-state index < -0.39 is 20.8 Å². The zero-order valence-corrected chi connectivity index (χ0v) is 12.4. The molecule has 0 heterocycles. The minimum atomic E-state index is -3.69. The first kappa shape index (κ1) is 15.9. The second-order valence-electron chi connectivity index (χ2n) is 4.31. The minimum Gasteiger partial charge on any atom is -0.506 e. The van der Waals surface area contributed by atoms with Gasteiger partial charge in [0.1, 0.15) is 5.75 Å². The largest absolute Gasteiger partial charge is 0.506 e. The van der Waals surface area contributed by atoms with Gasteiger partial charge >= 0.3 is 0 Å². The Morgan fingerprint density at radius 1 is 1.47 bits per heavy atom. The molecule has 2 atom stereocenters. The third-order valence-corrected chi connectivity index (χ3v) is 4.90. The predicted octanol–water partition coefficient (Wildman–Crippen LogP) is 0.410. The van der Waals surface area contributed by atoms with Crippen molar-refractivity contribution in [3.8, 4) is 5.75 Å². The fourth-order valence-corrected chi connectivity index (χ4v) is 3.43. The maximum atomic E-state index is 12.0. The summed E-state index contributed by atoms with van der Waals surface area (Å²) < 4.78 is 37.5. The quantitative estimate of drug-likeness (QED) is 0.521. The fraction of sp³-hybridized carbons (Fsp3) is 0.455. The van der Waals surface area contributed by atoms with Crippen LogP contribution in [0.25, 0.3) is 0 Å².